The molecule has 0 aliphatic carbocycles. The van der Waals surface area contributed by atoms with Crippen molar-refractivity contribution in [1.29, 1.82) is 0 Å². The van der Waals surface area contributed by atoms with E-state index in [9.17, 15) is 9.59 Å². The van der Waals surface area contributed by atoms with Gasteiger partial charge >= 0.3 is 5.97 Å². The second kappa shape index (κ2) is 5.95. The van der Waals surface area contributed by atoms with Crippen LogP contribution in [0.2, 0.25) is 0 Å². The number of carbonyl (C=O) groups is 2. The molecule has 0 fully saturated rings. The minimum atomic E-state index is -1.18. The molecule has 0 unspecified atom stereocenters. The highest BCUT2D eigenvalue weighted by molar-refractivity contribution is 5.91. The molecule has 1 aromatic heterocycles. The predicted molar refractivity (Wildman–Crippen MR) is 77.8 cm³/mol. The number of carbonyl (C=O) groups excluding carboxylic acids is 1. The Hall–Kier alpha value is -3.10. The summed E-state index contributed by atoms with van der Waals surface area (Å²) in [5, 5.41) is 18.8. The molecule has 0 spiro atoms. The molecule has 0 atom stereocenters. The van der Waals surface area contributed by atoms with E-state index in [0.29, 0.717) is 36.1 Å². The zero-order valence-electron chi connectivity index (χ0n) is 12.3. The van der Waals surface area contributed by atoms with Crippen LogP contribution in [-0.2, 0) is 11.3 Å². The van der Waals surface area contributed by atoms with Gasteiger partial charge in [0.15, 0.2) is 17.2 Å². The third-order valence-electron chi connectivity index (χ3n) is 3.30. The Kier molecular flexibility index (Phi) is 3.83. The molecule has 9 heteroatoms. The lowest BCUT2D eigenvalue weighted by molar-refractivity contribution is -0.117. The third kappa shape index (κ3) is 3.07. The van der Waals surface area contributed by atoms with Crippen LogP contribution in [0.25, 0.3) is 0 Å². The molecule has 1 aliphatic rings. The average molecular weight is 318 g/mol. The summed E-state index contributed by atoms with van der Waals surface area (Å²) in [4.78, 5) is 23.0. The lowest BCUT2D eigenvalue weighted by Crippen LogP contribution is -2.21. The number of hydrogen-bond donors (Lipinski definition) is 2. The fourth-order valence-corrected chi connectivity index (χ4v) is 2.17. The third-order valence-corrected chi connectivity index (χ3v) is 3.30. The van der Waals surface area contributed by atoms with Gasteiger partial charge in [-0.05, 0) is 19.1 Å². The lowest BCUT2D eigenvalue weighted by Gasteiger charge is -2.19. The first-order valence-corrected chi connectivity index (χ1v) is 6.87. The van der Waals surface area contributed by atoms with Crippen LogP contribution in [0.3, 0.4) is 0 Å². The highest BCUT2D eigenvalue weighted by Gasteiger charge is 2.17. The lowest BCUT2D eigenvalue weighted by atomic mass is 10.2. The van der Waals surface area contributed by atoms with E-state index in [1.165, 1.54) is 4.68 Å². The number of aromatic carboxylic acids is 1. The van der Waals surface area contributed by atoms with Gasteiger partial charge in [-0.15, -0.1) is 5.10 Å². The van der Waals surface area contributed by atoms with Gasteiger partial charge in [0.25, 0.3) is 0 Å². The molecular formula is C14H14N4O5. The van der Waals surface area contributed by atoms with Crippen LogP contribution >= 0.6 is 0 Å². The van der Waals surface area contributed by atoms with Gasteiger partial charge in [0.05, 0.1) is 5.69 Å². The van der Waals surface area contributed by atoms with Gasteiger partial charge in [-0.3, -0.25) is 4.79 Å². The number of nitrogens with one attached hydrogen (secondary N) is 1. The van der Waals surface area contributed by atoms with E-state index in [0.717, 1.165) is 0 Å². The van der Waals surface area contributed by atoms with Crippen molar-refractivity contribution in [2.24, 2.45) is 0 Å². The SMILES string of the molecule is Cc1c(C(=O)O)nnn1CC(=O)Nc1ccc2c(c1)OCCO2. The number of fused-ring (bicyclic) bond motifs is 1. The monoisotopic (exact) mass is 318 g/mol. The van der Waals surface area contributed by atoms with Crippen molar-refractivity contribution in [3.63, 3.8) is 0 Å². The van der Waals surface area contributed by atoms with E-state index >= 15 is 0 Å². The molecule has 0 saturated carbocycles. The Balaban J connectivity index is 1.69. The smallest absolute Gasteiger partial charge is 0.358 e. The van der Waals surface area contributed by atoms with E-state index in [4.69, 9.17) is 14.6 Å². The molecule has 0 saturated heterocycles. The second-order valence-electron chi connectivity index (χ2n) is 4.89. The van der Waals surface area contributed by atoms with E-state index in [1.807, 2.05) is 0 Å². The molecule has 2 heterocycles. The maximum Gasteiger partial charge on any atom is 0.358 e. The van der Waals surface area contributed by atoms with Gasteiger partial charge in [-0.2, -0.15) is 0 Å². The summed E-state index contributed by atoms with van der Waals surface area (Å²) in [5.41, 5.74) is 0.697. The number of carboxylic acids is 1. The number of anilines is 1. The summed E-state index contributed by atoms with van der Waals surface area (Å²) in [6, 6.07) is 5.08. The fourth-order valence-electron chi connectivity index (χ4n) is 2.17. The summed E-state index contributed by atoms with van der Waals surface area (Å²) in [6.45, 7) is 2.36. The maximum atomic E-state index is 12.1. The summed E-state index contributed by atoms with van der Waals surface area (Å²) in [7, 11) is 0. The van der Waals surface area contributed by atoms with Crippen LogP contribution < -0.4 is 14.8 Å². The summed E-state index contributed by atoms with van der Waals surface area (Å²) < 4.78 is 12.1. The molecule has 2 aromatic rings. The fraction of sp³-hybridized carbons (Fsp3) is 0.286. The van der Waals surface area contributed by atoms with Crippen LogP contribution in [0, 0.1) is 6.92 Å². The van der Waals surface area contributed by atoms with Gasteiger partial charge in [-0.25, -0.2) is 9.48 Å². The minimum Gasteiger partial charge on any atom is -0.486 e. The van der Waals surface area contributed by atoms with Crippen LogP contribution in [0.1, 0.15) is 16.2 Å². The van der Waals surface area contributed by atoms with E-state index in [-0.39, 0.29) is 18.1 Å². The average Bonchev–Trinajstić information content (AvgIpc) is 2.88. The number of rotatable bonds is 4. The van der Waals surface area contributed by atoms with Crippen LogP contribution in [0.4, 0.5) is 5.69 Å². The molecular weight excluding hydrogens is 304 g/mol. The Morgan fingerprint density at radius 2 is 2.04 bits per heavy atom. The number of hydrogen-bond acceptors (Lipinski definition) is 6. The normalized spacial score (nSPS) is 12.7. The largest absolute Gasteiger partial charge is 0.486 e. The Labute approximate surface area is 130 Å². The van der Waals surface area contributed by atoms with Crippen LogP contribution in [0.5, 0.6) is 11.5 Å². The molecule has 120 valence electrons. The summed E-state index contributed by atoms with van der Waals surface area (Å²) in [6.07, 6.45) is 0. The van der Waals surface area contributed by atoms with Gasteiger partial charge in [0.2, 0.25) is 5.91 Å². The first-order chi connectivity index (χ1) is 11.0. The molecule has 23 heavy (non-hydrogen) atoms. The Bertz CT molecular complexity index is 771. The maximum absolute atomic E-state index is 12.1. The highest BCUT2D eigenvalue weighted by Crippen LogP contribution is 2.32. The minimum absolute atomic E-state index is 0.138. The zero-order chi connectivity index (χ0) is 16.4. The molecule has 2 N–H and O–H groups in total. The van der Waals surface area contributed by atoms with Crippen molar-refractivity contribution < 1.29 is 24.2 Å². The molecule has 0 radical (unpaired) electrons. The molecule has 1 amide bonds. The number of carboxylic acid groups (broad SMARTS) is 1. The second-order valence-corrected chi connectivity index (χ2v) is 4.89. The Morgan fingerprint density at radius 1 is 1.30 bits per heavy atom. The van der Waals surface area contributed by atoms with E-state index in [1.54, 1.807) is 25.1 Å². The topological polar surface area (TPSA) is 116 Å². The standard InChI is InChI=1S/C14H14N4O5/c1-8-13(14(20)21)16-17-18(8)7-12(19)15-9-2-3-10-11(6-9)23-5-4-22-10/h2-3,6H,4-5,7H2,1H3,(H,15,19)(H,20,21). The van der Waals surface area contributed by atoms with Crippen molar-refractivity contribution in [2.45, 2.75) is 13.5 Å². The van der Waals surface area contributed by atoms with Crippen molar-refractivity contribution in [3.05, 3.63) is 29.6 Å². The number of ether oxygens (including phenoxy) is 2. The van der Waals surface area contributed by atoms with Gasteiger partial charge in [0, 0.05) is 11.8 Å². The summed E-state index contributed by atoms with van der Waals surface area (Å²) in [5.74, 6) is -0.334. The Morgan fingerprint density at radius 3 is 2.74 bits per heavy atom. The number of aromatic nitrogens is 3. The zero-order valence-corrected chi connectivity index (χ0v) is 12.3. The number of amides is 1. The highest BCUT2D eigenvalue weighted by atomic mass is 16.6. The van der Waals surface area contributed by atoms with E-state index in [2.05, 4.69) is 15.6 Å². The van der Waals surface area contributed by atoms with Gasteiger partial charge < -0.3 is 19.9 Å². The number of benzene rings is 1. The van der Waals surface area contributed by atoms with Crippen molar-refractivity contribution >= 4 is 17.6 Å². The number of nitrogens with zero attached hydrogens (tertiary/aromatic N) is 3. The molecule has 0 bridgehead atoms. The van der Waals surface area contributed by atoms with E-state index < -0.39 is 5.97 Å². The molecule has 3 rings (SSSR count). The first kappa shape index (κ1) is 14.8. The molecule has 9 nitrogen and oxygen atoms in total. The van der Waals surface area contributed by atoms with Gasteiger partial charge in [-0.1, -0.05) is 5.21 Å². The van der Waals surface area contributed by atoms with Crippen LogP contribution in [-0.4, -0.2) is 45.2 Å². The first-order valence-electron chi connectivity index (χ1n) is 6.87. The van der Waals surface area contributed by atoms with Crippen molar-refractivity contribution in [3.8, 4) is 11.5 Å². The van der Waals surface area contributed by atoms with Crippen molar-refractivity contribution in [2.75, 3.05) is 18.5 Å². The van der Waals surface area contributed by atoms with Gasteiger partial charge in [0.1, 0.15) is 19.8 Å². The predicted octanol–water partition coefficient (Wildman–Crippen LogP) is 0.695. The molecule has 1 aliphatic heterocycles. The van der Waals surface area contributed by atoms with Crippen LogP contribution in [0.15, 0.2) is 18.2 Å². The quantitative estimate of drug-likeness (QED) is 0.852. The molecule has 1 aromatic carbocycles. The summed E-state index contributed by atoms with van der Waals surface area (Å²) >= 11 is 0. The van der Waals surface area contributed by atoms with Crippen molar-refractivity contribution in [1.82, 2.24) is 15.0 Å².